The number of hydrogen-bond acceptors (Lipinski definition) is 2. The fourth-order valence-electron chi connectivity index (χ4n) is 2.83. The molecule has 0 spiro atoms. The standard InChI is InChI=1S/C16H18Cl2FN3O2/c1-15(10-16(15,17)18)13(23)21-6-8-22(9-7-21)14(24)20-12-4-2-11(19)3-5-12/h2-5H,6-10H2,1H3,(H,20,24)/t15-/m0/s1. The van der Waals surface area contributed by atoms with Gasteiger partial charge >= 0.3 is 6.03 Å². The molecule has 0 radical (unpaired) electrons. The van der Waals surface area contributed by atoms with Crippen molar-refractivity contribution in [2.45, 2.75) is 17.7 Å². The molecule has 3 amide bonds. The van der Waals surface area contributed by atoms with Crippen molar-refractivity contribution in [2.75, 3.05) is 31.5 Å². The zero-order chi connectivity index (χ0) is 17.5. The molecule has 1 aliphatic carbocycles. The lowest BCUT2D eigenvalue weighted by Crippen LogP contribution is -2.53. The lowest BCUT2D eigenvalue weighted by molar-refractivity contribution is -0.137. The maximum absolute atomic E-state index is 12.9. The summed E-state index contributed by atoms with van der Waals surface area (Å²) in [5, 5.41) is 2.71. The number of carbonyl (C=O) groups excluding carboxylic acids is 2. The Bertz CT molecular complexity index is 660. The number of nitrogens with zero attached hydrogens (tertiary/aromatic N) is 2. The Balaban J connectivity index is 1.52. The normalized spacial score (nSPS) is 25.3. The average Bonchev–Trinajstić information content (AvgIpc) is 3.08. The van der Waals surface area contributed by atoms with Gasteiger partial charge in [-0.3, -0.25) is 4.79 Å². The molecule has 8 heteroatoms. The lowest BCUT2D eigenvalue weighted by atomic mass is 10.1. The number of rotatable bonds is 2. The molecule has 1 aromatic carbocycles. The van der Waals surface area contributed by atoms with Crippen LogP contribution in [0.25, 0.3) is 0 Å². The van der Waals surface area contributed by atoms with Crippen molar-refractivity contribution < 1.29 is 14.0 Å². The Morgan fingerprint density at radius 2 is 1.58 bits per heavy atom. The van der Waals surface area contributed by atoms with Crippen molar-refractivity contribution >= 4 is 40.8 Å². The molecule has 1 aromatic rings. The molecule has 3 rings (SSSR count). The fourth-order valence-corrected chi connectivity index (χ4v) is 3.53. The Labute approximate surface area is 149 Å². The minimum absolute atomic E-state index is 0.0638. The van der Waals surface area contributed by atoms with Gasteiger partial charge in [-0.25, -0.2) is 9.18 Å². The third-order valence-electron chi connectivity index (χ3n) is 4.68. The van der Waals surface area contributed by atoms with Crippen LogP contribution < -0.4 is 5.32 Å². The smallest absolute Gasteiger partial charge is 0.321 e. The lowest BCUT2D eigenvalue weighted by Gasteiger charge is -2.36. The van der Waals surface area contributed by atoms with Gasteiger partial charge in [0.05, 0.1) is 5.41 Å². The largest absolute Gasteiger partial charge is 0.339 e. The number of carbonyl (C=O) groups is 2. The first kappa shape index (κ1) is 17.3. The zero-order valence-corrected chi connectivity index (χ0v) is 14.7. The summed E-state index contributed by atoms with van der Waals surface area (Å²) in [6.45, 7) is 3.49. The molecule has 2 aliphatic rings. The van der Waals surface area contributed by atoms with Crippen molar-refractivity contribution in [3.05, 3.63) is 30.1 Å². The van der Waals surface area contributed by atoms with E-state index in [1.165, 1.54) is 24.3 Å². The molecule has 1 saturated carbocycles. The molecular formula is C16H18Cl2FN3O2. The van der Waals surface area contributed by atoms with E-state index in [2.05, 4.69) is 5.32 Å². The van der Waals surface area contributed by atoms with Gasteiger partial charge in [0.1, 0.15) is 10.2 Å². The van der Waals surface area contributed by atoms with Crippen molar-refractivity contribution in [3.63, 3.8) is 0 Å². The maximum Gasteiger partial charge on any atom is 0.321 e. The number of amides is 3. The second kappa shape index (κ2) is 6.08. The van der Waals surface area contributed by atoms with Crippen LogP contribution in [0.2, 0.25) is 0 Å². The Morgan fingerprint density at radius 1 is 1.08 bits per heavy atom. The summed E-state index contributed by atoms with van der Waals surface area (Å²) >= 11 is 12.1. The van der Waals surface area contributed by atoms with Crippen LogP contribution in [0.5, 0.6) is 0 Å². The van der Waals surface area contributed by atoms with Gasteiger partial charge in [0.15, 0.2) is 0 Å². The topological polar surface area (TPSA) is 52.7 Å². The van der Waals surface area contributed by atoms with Gasteiger partial charge in [0.25, 0.3) is 0 Å². The minimum atomic E-state index is -0.985. The monoisotopic (exact) mass is 373 g/mol. The number of alkyl halides is 2. The van der Waals surface area contributed by atoms with E-state index in [9.17, 15) is 14.0 Å². The maximum atomic E-state index is 12.9. The van der Waals surface area contributed by atoms with E-state index in [0.717, 1.165) is 0 Å². The van der Waals surface area contributed by atoms with Crippen molar-refractivity contribution in [1.82, 2.24) is 9.80 Å². The molecule has 1 N–H and O–H groups in total. The van der Waals surface area contributed by atoms with Gasteiger partial charge in [0.2, 0.25) is 5.91 Å². The molecule has 1 heterocycles. The van der Waals surface area contributed by atoms with Gasteiger partial charge < -0.3 is 15.1 Å². The number of halogens is 3. The SMILES string of the molecule is C[C@@]1(C(=O)N2CCN(C(=O)Nc3ccc(F)cc3)CC2)CC1(Cl)Cl. The fraction of sp³-hybridized carbons (Fsp3) is 0.500. The molecule has 0 bridgehead atoms. The minimum Gasteiger partial charge on any atom is -0.339 e. The van der Waals surface area contributed by atoms with E-state index in [1.54, 1.807) is 16.7 Å². The van der Waals surface area contributed by atoms with Crippen molar-refractivity contribution in [3.8, 4) is 0 Å². The van der Waals surface area contributed by atoms with E-state index in [1.807, 2.05) is 0 Å². The number of benzene rings is 1. The second-order valence-corrected chi connectivity index (χ2v) is 7.91. The van der Waals surface area contributed by atoms with Crippen LogP contribution in [0.3, 0.4) is 0 Å². The van der Waals surface area contributed by atoms with E-state index < -0.39 is 9.75 Å². The van der Waals surface area contributed by atoms with E-state index in [-0.39, 0.29) is 17.8 Å². The molecule has 130 valence electrons. The van der Waals surface area contributed by atoms with Crippen LogP contribution in [0.15, 0.2) is 24.3 Å². The van der Waals surface area contributed by atoms with Gasteiger partial charge in [0, 0.05) is 31.9 Å². The molecule has 1 atom stereocenters. The zero-order valence-electron chi connectivity index (χ0n) is 13.2. The molecule has 0 unspecified atom stereocenters. The van der Waals surface area contributed by atoms with Crippen molar-refractivity contribution in [2.24, 2.45) is 5.41 Å². The summed E-state index contributed by atoms with van der Waals surface area (Å²) in [6, 6.07) is 5.30. The third kappa shape index (κ3) is 3.17. The van der Waals surface area contributed by atoms with Crippen LogP contribution in [0.1, 0.15) is 13.3 Å². The Morgan fingerprint density at radius 3 is 2.08 bits per heavy atom. The summed E-state index contributed by atoms with van der Waals surface area (Å²) < 4.78 is 11.9. The molecule has 1 aliphatic heterocycles. The Hall–Kier alpha value is -1.53. The van der Waals surface area contributed by atoms with E-state index in [4.69, 9.17) is 23.2 Å². The molecule has 24 heavy (non-hydrogen) atoms. The van der Waals surface area contributed by atoms with Crippen LogP contribution in [-0.2, 0) is 4.79 Å². The summed E-state index contributed by atoms with van der Waals surface area (Å²) in [6.07, 6.45) is 0.452. The average molecular weight is 374 g/mol. The summed E-state index contributed by atoms with van der Waals surface area (Å²) in [7, 11) is 0. The molecule has 0 aromatic heterocycles. The Kier molecular flexibility index (Phi) is 4.38. The summed E-state index contributed by atoms with van der Waals surface area (Å²) in [5.41, 5.74) is -0.200. The van der Waals surface area contributed by atoms with Crippen LogP contribution in [0, 0.1) is 11.2 Å². The highest BCUT2D eigenvalue weighted by molar-refractivity contribution is 6.53. The molecule has 1 saturated heterocycles. The van der Waals surface area contributed by atoms with E-state index >= 15 is 0 Å². The van der Waals surface area contributed by atoms with Crippen LogP contribution in [-0.4, -0.2) is 52.3 Å². The molecule has 5 nitrogen and oxygen atoms in total. The van der Waals surface area contributed by atoms with Gasteiger partial charge in [-0.05, 0) is 37.6 Å². The predicted molar refractivity (Wildman–Crippen MR) is 90.7 cm³/mol. The van der Waals surface area contributed by atoms with Gasteiger partial charge in [-0.2, -0.15) is 0 Å². The number of urea groups is 1. The second-order valence-electron chi connectivity index (χ2n) is 6.43. The summed E-state index contributed by atoms with van der Waals surface area (Å²) in [4.78, 5) is 28.0. The highest BCUT2D eigenvalue weighted by Gasteiger charge is 2.68. The first-order valence-electron chi connectivity index (χ1n) is 7.72. The summed E-state index contributed by atoms with van der Waals surface area (Å²) in [5.74, 6) is -0.422. The number of nitrogens with one attached hydrogen (secondary N) is 1. The first-order valence-corrected chi connectivity index (χ1v) is 8.47. The number of hydrogen-bond donors (Lipinski definition) is 1. The van der Waals surface area contributed by atoms with Gasteiger partial charge in [-0.1, -0.05) is 0 Å². The number of anilines is 1. The third-order valence-corrected chi connectivity index (χ3v) is 5.78. The quantitative estimate of drug-likeness (QED) is 0.809. The number of piperazine rings is 1. The van der Waals surface area contributed by atoms with Crippen LogP contribution in [0.4, 0.5) is 14.9 Å². The van der Waals surface area contributed by atoms with Crippen LogP contribution >= 0.6 is 23.2 Å². The highest BCUT2D eigenvalue weighted by Crippen LogP contribution is 2.64. The van der Waals surface area contributed by atoms with Crippen molar-refractivity contribution in [1.29, 1.82) is 0 Å². The highest BCUT2D eigenvalue weighted by atomic mass is 35.5. The first-order chi connectivity index (χ1) is 11.2. The molecular weight excluding hydrogens is 356 g/mol. The van der Waals surface area contributed by atoms with E-state index in [0.29, 0.717) is 38.3 Å². The predicted octanol–water partition coefficient (Wildman–Crippen LogP) is 3.09. The van der Waals surface area contributed by atoms with Gasteiger partial charge in [-0.15, -0.1) is 23.2 Å². The molecule has 2 fully saturated rings.